The van der Waals surface area contributed by atoms with E-state index in [0.29, 0.717) is 11.5 Å². The number of nitrogens with one attached hydrogen (secondary N) is 1. The molecule has 2 amide bonds. The van der Waals surface area contributed by atoms with Crippen LogP contribution in [0.25, 0.3) is 0 Å². The zero-order valence-corrected chi connectivity index (χ0v) is 14.9. The summed E-state index contributed by atoms with van der Waals surface area (Å²) in [5.41, 5.74) is 2.61. The molecule has 1 aromatic rings. The van der Waals surface area contributed by atoms with Crippen LogP contribution >= 0.6 is 11.8 Å². The molecular formula is C19H26N2O2S. The van der Waals surface area contributed by atoms with E-state index < -0.39 is 0 Å². The number of hydrogen-bond donors (Lipinski definition) is 1. The van der Waals surface area contributed by atoms with Crippen molar-refractivity contribution >= 4 is 23.6 Å². The molecule has 1 aliphatic carbocycles. The Morgan fingerprint density at radius 1 is 1.08 bits per heavy atom. The van der Waals surface area contributed by atoms with Crippen molar-refractivity contribution in [3.63, 3.8) is 0 Å². The molecule has 0 aromatic heterocycles. The summed E-state index contributed by atoms with van der Waals surface area (Å²) in [4.78, 5) is 26.3. The standard InChI is InChI=1S/C19H26N2O2S/c22-18(13-24-14-19(23)21-11-4-1-5-12-21)20-17-10-6-8-15-7-2-3-9-16(15)17/h2-3,7,9,17H,1,4-6,8,10-14H2,(H,20,22)/t17-/m1/s1. The Morgan fingerprint density at radius 2 is 1.88 bits per heavy atom. The molecular weight excluding hydrogens is 320 g/mol. The van der Waals surface area contributed by atoms with Crippen LogP contribution in [0.5, 0.6) is 0 Å². The van der Waals surface area contributed by atoms with Gasteiger partial charge in [-0.2, -0.15) is 0 Å². The maximum Gasteiger partial charge on any atom is 0.232 e. The van der Waals surface area contributed by atoms with Crippen molar-refractivity contribution in [1.82, 2.24) is 10.2 Å². The summed E-state index contributed by atoms with van der Waals surface area (Å²) in [6.07, 6.45) is 6.66. The van der Waals surface area contributed by atoms with Gasteiger partial charge in [-0.1, -0.05) is 24.3 Å². The summed E-state index contributed by atoms with van der Waals surface area (Å²) in [5, 5.41) is 3.14. The predicted octanol–water partition coefficient (Wildman–Crippen LogP) is 2.93. The molecule has 4 nitrogen and oxygen atoms in total. The Balaban J connectivity index is 1.42. The van der Waals surface area contributed by atoms with Crippen LogP contribution in [0.2, 0.25) is 0 Å². The van der Waals surface area contributed by atoms with Crippen LogP contribution in [0.3, 0.4) is 0 Å². The number of likely N-dealkylation sites (tertiary alicyclic amines) is 1. The van der Waals surface area contributed by atoms with Crippen LogP contribution < -0.4 is 5.32 Å². The Bertz CT molecular complexity index is 584. The highest BCUT2D eigenvalue weighted by Gasteiger charge is 2.22. The summed E-state index contributed by atoms with van der Waals surface area (Å²) in [5.74, 6) is 0.982. The van der Waals surface area contributed by atoms with Crippen LogP contribution in [-0.2, 0) is 16.0 Å². The van der Waals surface area contributed by atoms with E-state index in [2.05, 4.69) is 23.5 Å². The number of hydrogen-bond acceptors (Lipinski definition) is 3. The quantitative estimate of drug-likeness (QED) is 0.892. The molecule has 1 aliphatic heterocycles. The molecule has 130 valence electrons. The van der Waals surface area contributed by atoms with Gasteiger partial charge in [0, 0.05) is 13.1 Å². The second kappa shape index (κ2) is 8.56. The van der Waals surface area contributed by atoms with Crippen LogP contribution in [0.15, 0.2) is 24.3 Å². The van der Waals surface area contributed by atoms with Crippen LogP contribution in [0.1, 0.15) is 49.3 Å². The largest absolute Gasteiger partial charge is 0.349 e. The zero-order chi connectivity index (χ0) is 16.8. The van der Waals surface area contributed by atoms with Crippen LogP contribution in [-0.4, -0.2) is 41.3 Å². The van der Waals surface area contributed by atoms with Gasteiger partial charge in [0.25, 0.3) is 0 Å². The first-order valence-electron chi connectivity index (χ1n) is 8.97. The minimum atomic E-state index is 0.0353. The number of benzene rings is 1. The lowest BCUT2D eigenvalue weighted by Gasteiger charge is -2.27. The highest BCUT2D eigenvalue weighted by atomic mass is 32.2. The number of amides is 2. The number of thioether (sulfide) groups is 1. The lowest BCUT2D eigenvalue weighted by Crippen LogP contribution is -2.37. The molecule has 1 heterocycles. The van der Waals surface area contributed by atoms with Gasteiger partial charge in [-0.05, 0) is 49.7 Å². The zero-order valence-electron chi connectivity index (χ0n) is 14.1. The minimum Gasteiger partial charge on any atom is -0.349 e. The Labute approximate surface area is 148 Å². The number of carbonyl (C=O) groups excluding carboxylic acids is 2. The monoisotopic (exact) mass is 346 g/mol. The van der Waals surface area contributed by atoms with E-state index >= 15 is 0 Å². The lowest BCUT2D eigenvalue weighted by atomic mass is 9.88. The first kappa shape index (κ1) is 17.3. The van der Waals surface area contributed by atoms with Crippen molar-refractivity contribution in [1.29, 1.82) is 0 Å². The smallest absolute Gasteiger partial charge is 0.232 e. The molecule has 5 heteroatoms. The van der Waals surface area contributed by atoms with E-state index in [1.54, 1.807) is 0 Å². The molecule has 0 radical (unpaired) electrons. The van der Waals surface area contributed by atoms with Crippen molar-refractivity contribution in [3.05, 3.63) is 35.4 Å². The number of rotatable bonds is 5. The maximum absolute atomic E-state index is 12.2. The van der Waals surface area contributed by atoms with Gasteiger partial charge in [-0.25, -0.2) is 0 Å². The second-order valence-electron chi connectivity index (χ2n) is 6.65. The Morgan fingerprint density at radius 3 is 2.71 bits per heavy atom. The molecule has 2 aliphatic rings. The third-order valence-corrected chi connectivity index (χ3v) is 5.79. The Hall–Kier alpha value is -1.49. The normalized spacial score (nSPS) is 20.3. The summed E-state index contributed by atoms with van der Waals surface area (Å²) in [6, 6.07) is 8.49. The maximum atomic E-state index is 12.2. The number of aryl methyl sites for hydroxylation is 1. The summed E-state index contributed by atoms with van der Waals surface area (Å²) < 4.78 is 0. The molecule has 1 saturated heterocycles. The van der Waals surface area contributed by atoms with Crippen molar-refractivity contribution in [2.45, 2.75) is 44.6 Å². The molecule has 0 saturated carbocycles. The fourth-order valence-corrected chi connectivity index (χ4v) is 4.33. The first-order chi connectivity index (χ1) is 11.7. The average molecular weight is 346 g/mol. The van der Waals surface area contributed by atoms with E-state index in [1.165, 1.54) is 29.3 Å². The number of fused-ring (bicyclic) bond motifs is 1. The number of carbonyl (C=O) groups is 2. The molecule has 1 atom stereocenters. The molecule has 1 N–H and O–H groups in total. The van der Waals surface area contributed by atoms with Gasteiger partial charge in [0.15, 0.2) is 0 Å². The average Bonchev–Trinajstić information content (AvgIpc) is 2.63. The van der Waals surface area contributed by atoms with E-state index in [4.69, 9.17) is 0 Å². The number of nitrogens with zero attached hydrogens (tertiary/aromatic N) is 1. The van der Waals surface area contributed by atoms with Gasteiger partial charge in [0.2, 0.25) is 11.8 Å². The fraction of sp³-hybridized carbons (Fsp3) is 0.579. The highest BCUT2D eigenvalue weighted by molar-refractivity contribution is 8.00. The van der Waals surface area contributed by atoms with Crippen LogP contribution in [0.4, 0.5) is 0 Å². The Kier molecular flexibility index (Phi) is 6.18. The van der Waals surface area contributed by atoms with Crippen molar-refractivity contribution < 1.29 is 9.59 Å². The van der Waals surface area contributed by atoms with Crippen molar-refractivity contribution in [2.24, 2.45) is 0 Å². The minimum absolute atomic E-state index is 0.0353. The number of piperidine rings is 1. The molecule has 1 aromatic carbocycles. The van der Waals surface area contributed by atoms with E-state index in [1.807, 2.05) is 11.0 Å². The molecule has 0 spiro atoms. The van der Waals surface area contributed by atoms with Gasteiger partial charge in [0.1, 0.15) is 0 Å². The topological polar surface area (TPSA) is 49.4 Å². The third kappa shape index (κ3) is 4.53. The fourth-order valence-electron chi connectivity index (χ4n) is 3.61. The second-order valence-corrected chi connectivity index (χ2v) is 7.63. The highest BCUT2D eigenvalue weighted by Crippen LogP contribution is 2.29. The van der Waals surface area contributed by atoms with Crippen molar-refractivity contribution in [2.75, 3.05) is 24.6 Å². The molecule has 0 unspecified atom stereocenters. The molecule has 24 heavy (non-hydrogen) atoms. The van der Waals surface area contributed by atoms with E-state index in [0.717, 1.165) is 45.2 Å². The predicted molar refractivity (Wildman–Crippen MR) is 98.0 cm³/mol. The van der Waals surface area contributed by atoms with E-state index in [9.17, 15) is 9.59 Å². The van der Waals surface area contributed by atoms with Gasteiger partial charge in [0.05, 0.1) is 17.5 Å². The molecule has 0 bridgehead atoms. The van der Waals surface area contributed by atoms with Gasteiger partial charge in [-0.3, -0.25) is 9.59 Å². The third-order valence-electron chi connectivity index (χ3n) is 4.87. The SMILES string of the molecule is O=C(CSCC(=O)N1CCCCC1)N[C@@H]1CCCc2ccccc21. The summed E-state index contributed by atoms with van der Waals surface area (Å²) in [6.45, 7) is 1.76. The summed E-state index contributed by atoms with van der Waals surface area (Å²) >= 11 is 1.43. The van der Waals surface area contributed by atoms with Crippen molar-refractivity contribution in [3.8, 4) is 0 Å². The molecule has 1 fully saturated rings. The van der Waals surface area contributed by atoms with Gasteiger partial charge in [-0.15, -0.1) is 11.8 Å². The van der Waals surface area contributed by atoms with Crippen LogP contribution in [0, 0.1) is 0 Å². The van der Waals surface area contributed by atoms with Gasteiger partial charge < -0.3 is 10.2 Å². The van der Waals surface area contributed by atoms with E-state index in [-0.39, 0.29) is 17.9 Å². The molecule has 3 rings (SSSR count). The first-order valence-corrected chi connectivity index (χ1v) is 10.1. The lowest BCUT2D eigenvalue weighted by molar-refractivity contribution is -0.129. The summed E-state index contributed by atoms with van der Waals surface area (Å²) in [7, 11) is 0. The van der Waals surface area contributed by atoms with Gasteiger partial charge >= 0.3 is 0 Å².